The first-order chi connectivity index (χ1) is 9.20. The monoisotopic (exact) mass is 279 g/mol. The summed E-state index contributed by atoms with van der Waals surface area (Å²) in [7, 11) is 0. The van der Waals surface area contributed by atoms with E-state index >= 15 is 0 Å². The lowest BCUT2D eigenvalue weighted by atomic mass is 9.80. The van der Waals surface area contributed by atoms with E-state index in [0.29, 0.717) is 17.4 Å². The summed E-state index contributed by atoms with van der Waals surface area (Å²) in [6.07, 6.45) is 5.17. The van der Waals surface area contributed by atoms with E-state index in [1.165, 1.54) is 25.7 Å². The van der Waals surface area contributed by atoms with Crippen LogP contribution in [0.1, 0.15) is 48.5 Å². The molecule has 1 amide bonds. The van der Waals surface area contributed by atoms with Crippen LogP contribution in [0.15, 0.2) is 24.3 Å². The first-order valence-corrected chi connectivity index (χ1v) is 7.67. The molecule has 0 bridgehead atoms. The number of carbonyl (C=O) groups excluding carboxylic acids is 1. The van der Waals surface area contributed by atoms with Gasteiger partial charge in [-0.25, -0.2) is 0 Å². The van der Waals surface area contributed by atoms with Crippen molar-refractivity contribution in [3.63, 3.8) is 0 Å². The van der Waals surface area contributed by atoms with E-state index in [2.05, 4.69) is 12.2 Å². The summed E-state index contributed by atoms with van der Waals surface area (Å²) in [5, 5.41) is 3.07. The Morgan fingerprint density at radius 1 is 1.37 bits per heavy atom. The van der Waals surface area contributed by atoms with E-state index in [0.717, 1.165) is 18.0 Å². The molecule has 2 rings (SSSR count). The molecule has 19 heavy (non-hydrogen) atoms. The van der Waals surface area contributed by atoms with Gasteiger partial charge in [0.25, 0.3) is 5.91 Å². The number of hydrogen-bond donors (Lipinski definition) is 1. The van der Waals surface area contributed by atoms with Gasteiger partial charge in [-0.3, -0.25) is 4.79 Å². The maximum atomic E-state index is 12.1. The third-order valence-corrected chi connectivity index (χ3v) is 4.47. The van der Waals surface area contributed by atoms with Crippen molar-refractivity contribution < 1.29 is 4.79 Å². The quantitative estimate of drug-likeness (QED) is 0.830. The maximum absolute atomic E-state index is 12.1. The fourth-order valence-electron chi connectivity index (χ4n) is 2.82. The van der Waals surface area contributed by atoms with Crippen LogP contribution >= 0.6 is 11.6 Å². The van der Waals surface area contributed by atoms with Crippen molar-refractivity contribution in [3.05, 3.63) is 35.4 Å². The molecule has 0 radical (unpaired) electrons. The zero-order valence-electron chi connectivity index (χ0n) is 11.5. The molecule has 1 aliphatic rings. The fourth-order valence-corrected chi connectivity index (χ4v) is 2.98. The molecule has 1 aromatic carbocycles. The number of hydrogen-bond acceptors (Lipinski definition) is 1. The molecule has 1 aromatic rings. The van der Waals surface area contributed by atoms with Gasteiger partial charge in [-0.1, -0.05) is 38.3 Å². The molecule has 0 spiro atoms. The smallest absolute Gasteiger partial charge is 0.251 e. The van der Waals surface area contributed by atoms with Gasteiger partial charge in [0.05, 0.1) is 0 Å². The zero-order chi connectivity index (χ0) is 13.7. The van der Waals surface area contributed by atoms with E-state index in [1.807, 2.05) is 24.3 Å². The minimum absolute atomic E-state index is 0.0183. The van der Waals surface area contributed by atoms with Crippen LogP contribution in [0.25, 0.3) is 0 Å². The van der Waals surface area contributed by atoms with Crippen molar-refractivity contribution in [3.8, 4) is 0 Å². The largest absolute Gasteiger partial charge is 0.352 e. The average Bonchev–Trinajstić information content (AvgIpc) is 2.46. The second-order valence-electron chi connectivity index (χ2n) is 5.57. The molecule has 1 fully saturated rings. The SMILES string of the molecule is CC1CCCCC1CNC(=O)c1cccc(CCl)c1. The standard InChI is InChI=1S/C16H22ClNO/c1-12-5-2-3-7-15(12)11-18-16(19)14-8-4-6-13(9-14)10-17/h4,6,8-9,12,15H,2-3,5,7,10-11H2,1H3,(H,18,19). The third kappa shape index (κ3) is 3.97. The Balaban J connectivity index is 1.89. The number of benzene rings is 1. The maximum Gasteiger partial charge on any atom is 0.251 e. The number of rotatable bonds is 4. The summed E-state index contributed by atoms with van der Waals surface area (Å²) in [6.45, 7) is 3.09. The number of halogens is 1. The van der Waals surface area contributed by atoms with E-state index in [4.69, 9.17) is 11.6 Å². The number of carbonyl (C=O) groups is 1. The molecule has 0 heterocycles. The predicted octanol–water partition coefficient (Wildman–Crippen LogP) is 3.98. The topological polar surface area (TPSA) is 29.1 Å². The summed E-state index contributed by atoms with van der Waals surface area (Å²) in [4.78, 5) is 12.1. The van der Waals surface area contributed by atoms with Crippen LogP contribution in [-0.4, -0.2) is 12.5 Å². The van der Waals surface area contributed by atoms with Crippen LogP contribution < -0.4 is 5.32 Å². The first kappa shape index (κ1) is 14.4. The highest BCUT2D eigenvalue weighted by molar-refractivity contribution is 6.17. The Morgan fingerprint density at radius 3 is 2.89 bits per heavy atom. The van der Waals surface area contributed by atoms with Gasteiger partial charge in [-0.05, 0) is 36.0 Å². The van der Waals surface area contributed by atoms with Crippen molar-refractivity contribution in [2.45, 2.75) is 38.5 Å². The van der Waals surface area contributed by atoms with Crippen molar-refractivity contribution in [1.82, 2.24) is 5.32 Å². The molecule has 0 aromatic heterocycles. The Hall–Kier alpha value is -1.02. The second-order valence-corrected chi connectivity index (χ2v) is 5.83. The van der Waals surface area contributed by atoms with Crippen molar-refractivity contribution in [1.29, 1.82) is 0 Å². The van der Waals surface area contributed by atoms with Crippen molar-refractivity contribution in [2.75, 3.05) is 6.54 Å². The van der Waals surface area contributed by atoms with E-state index in [9.17, 15) is 4.79 Å². The number of alkyl halides is 1. The first-order valence-electron chi connectivity index (χ1n) is 7.14. The van der Waals surface area contributed by atoms with Gasteiger partial charge in [0, 0.05) is 18.0 Å². The second kappa shape index (κ2) is 6.95. The van der Waals surface area contributed by atoms with Crippen LogP contribution in [0.2, 0.25) is 0 Å². The van der Waals surface area contributed by atoms with Crippen LogP contribution in [-0.2, 0) is 5.88 Å². The number of amides is 1. The molecular formula is C16H22ClNO. The average molecular weight is 280 g/mol. The molecule has 0 aliphatic heterocycles. The van der Waals surface area contributed by atoms with Gasteiger partial charge < -0.3 is 5.32 Å². The Kier molecular flexibility index (Phi) is 5.26. The Morgan fingerprint density at radius 2 is 2.16 bits per heavy atom. The van der Waals surface area contributed by atoms with Gasteiger partial charge in [0.15, 0.2) is 0 Å². The van der Waals surface area contributed by atoms with Gasteiger partial charge in [0.2, 0.25) is 0 Å². The molecule has 0 saturated heterocycles. The molecular weight excluding hydrogens is 258 g/mol. The predicted molar refractivity (Wildman–Crippen MR) is 79.5 cm³/mol. The Labute approximate surface area is 120 Å². The van der Waals surface area contributed by atoms with Crippen molar-refractivity contribution in [2.24, 2.45) is 11.8 Å². The van der Waals surface area contributed by atoms with Crippen molar-refractivity contribution >= 4 is 17.5 Å². The summed E-state index contributed by atoms with van der Waals surface area (Å²) >= 11 is 5.79. The lowest BCUT2D eigenvalue weighted by molar-refractivity contribution is 0.0936. The highest BCUT2D eigenvalue weighted by Crippen LogP contribution is 2.28. The van der Waals surface area contributed by atoms with E-state index in [1.54, 1.807) is 0 Å². The number of nitrogens with one attached hydrogen (secondary N) is 1. The van der Waals surface area contributed by atoms with Gasteiger partial charge >= 0.3 is 0 Å². The Bertz CT molecular complexity index is 433. The minimum Gasteiger partial charge on any atom is -0.352 e. The zero-order valence-corrected chi connectivity index (χ0v) is 12.2. The molecule has 2 unspecified atom stereocenters. The van der Waals surface area contributed by atoms with Crippen LogP contribution in [0.3, 0.4) is 0 Å². The molecule has 104 valence electrons. The summed E-state index contributed by atoms with van der Waals surface area (Å²) in [5.41, 5.74) is 1.70. The summed E-state index contributed by atoms with van der Waals surface area (Å²) in [6, 6.07) is 7.53. The van der Waals surface area contributed by atoms with Crippen LogP contribution in [0.4, 0.5) is 0 Å². The van der Waals surface area contributed by atoms with E-state index < -0.39 is 0 Å². The summed E-state index contributed by atoms with van der Waals surface area (Å²) in [5.74, 6) is 1.82. The van der Waals surface area contributed by atoms with Crippen LogP contribution in [0.5, 0.6) is 0 Å². The van der Waals surface area contributed by atoms with E-state index in [-0.39, 0.29) is 5.91 Å². The summed E-state index contributed by atoms with van der Waals surface area (Å²) < 4.78 is 0. The fraction of sp³-hybridized carbons (Fsp3) is 0.562. The highest BCUT2D eigenvalue weighted by Gasteiger charge is 2.21. The van der Waals surface area contributed by atoms with Gasteiger partial charge in [0.1, 0.15) is 0 Å². The molecule has 2 nitrogen and oxygen atoms in total. The minimum atomic E-state index is 0.0183. The highest BCUT2D eigenvalue weighted by atomic mass is 35.5. The molecule has 1 saturated carbocycles. The third-order valence-electron chi connectivity index (χ3n) is 4.16. The lowest BCUT2D eigenvalue weighted by Gasteiger charge is -2.28. The molecule has 1 N–H and O–H groups in total. The molecule has 2 atom stereocenters. The lowest BCUT2D eigenvalue weighted by Crippen LogP contribution is -2.33. The van der Waals surface area contributed by atoms with Crippen LogP contribution in [0, 0.1) is 11.8 Å². The molecule has 3 heteroatoms. The van der Waals surface area contributed by atoms with Gasteiger partial charge in [-0.2, -0.15) is 0 Å². The normalized spacial score (nSPS) is 23.1. The molecule has 1 aliphatic carbocycles. The van der Waals surface area contributed by atoms with Gasteiger partial charge in [-0.15, -0.1) is 11.6 Å².